The maximum atomic E-state index is 13.1. The van der Waals surface area contributed by atoms with Crippen LogP contribution in [0.25, 0.3) is 0 Å². The predicted molar refractivity (Wildman–Crippen MR) is 108 cm³/mol. The third-order valence-corrected chi connectivity index (χ3v) is 5.56. The molecule has 1 aliphatic heterocycles. The fraction of sp³-hybridized carbons (Fsp3) is 0.571. The number of ether oxygens (including phenoxy) is 2. The van der Waals surface area contributed by atoms with Gasteiger partial charge in [0.15, 0.2) is 0 Å². The summed E-state index contributed by atoms with van der Waals surface area (Å²) in [5.41, 5.74) is -0.520. The van der Waals surface area contributed by atoms with Gasteiger partial charge in [-0.3, -0.25) is 14.5 Å². The molecule has 0 aromatic heterocycles. The molecule has 2 aliphatic rings. The number of hydrogen-bond donors (Lipinski definition) is 2. The van der Waals surface area contributed by atoms with E-state index in [9.17, 15) is 14.4 Å². The van der Waals surface area contributed by atoms with Gasteiger partial charge in [0.05, 0.1) is 14.2 Å². The lowest BCUT2D eigenvalue weighted by molar-refractivity contribution is -0.136. The topological polar surface area (TPSA) is 97.0 Å². The number of rotatable bonds is 5. The Bertz CT molecular complexity index is 815. The van der Waals surface area contributed by atoms with Gasteiger partial charge in [-0.2, -0.15) is 0 Å². The Morgan fingerprint density at radius 1 is 1.17 bits per heavy atom. The van der Waals surface area contributed by atoms with E-state index in [0.717, 1.165) is 11.3 Å². The molecule has 8 nitrogen and oxygen atoms in total. The summed E-state index contributed by atoms with van der Waals surface area (Å²) in [4.78, 5) is 39.2. The quantitative estimate of drug-likeness (QED) is 0.737. The van der Waals surface area contributed by atoms with Crippen LogP contribution in [-0.4, -0.2) is 49.0 Å². The Labute approximate surface area is 170 Å². The van der Waals surface area contributed by atoms with Crippen LogP contribution < -0.4 is 20.1 Å². The Balaban J connectivity index is 1.73. The average Bonchev–Trinajstić information content (AvgIpc) is 2.82. The summed E-state index contributed by atoms with van der Waals surface area (Å²) < 4.78 is 10.4. The minimum absolute atomic E-state index is 0.0595. The van der Waals surface area contributed by atoms with E-state index < -0.39 is 17.5 Å². The lowest BCUT2D eigenvalue weighted by Gasteiger charge is -2.43. The molecule has 2 fully saturated rings. The highest BCUT2D eigenvalue weighted by Gasteiger charge is 2.56. The Kier molecular flexibility index (Phi) is 5.47. The van der Waals surface area contributed by atoms with Crippen molar-refractivity contribution in [3.05, 3.63) is 18.2 Å². The summed E-state index contributed by atoms with van der Waals surface area (Å²) in [5, 5.41) is 5.58. The van der Waals surface area contributed by atoms with E-state index >= 15 is 0 Å². The van der Waals surface area contributed by atoms with Gasteiger partial charge in [-0.25, -0.2) is 4.79 Å². The molecule has 2 atom stereocenters. The summed E-state index contributed by atoms with van der Waals surface area (Å²) in [6.07, 6.45) is 2.16. The molecule has 8 heteroatoms. The number of amides is 4. The third kappa shape index (κ3) is 4.31. The minimum atomic E-state index is -0.919. The molecule has 1 spiro atoms. The van der Waals surface area contributed by atoms with Gasteiger partial charge < -0.3 is 20.1 Å². The highest BCUT2D eigenvalue weighted by atomic mass is 16.5. The van der Waals surface area contributed by atoms with Crippen LogP contribution in [0.4, 0.5) is 10.5 Å². The average molecular weight is 403 g/mol. The van der Waals surface area contributed by atoms with E-state index in [4.69, 9.17) is 9.47 Å². The number of urea groups is 1. The second-order valence-corrected chi connectivity index (χ2v) is 8.91. The first-order valence-electron chi connectivity index (χ1n) is 9.74. The summed E-state index contributed by atoms with van der Waals surface area (Å²) in [6, 6.07) is 4.44. The predicted octanol–water partition coefficient (Wildman–Crippen LogP) is 2.78. The number of benzene rings is 1. The van der Waals surface area contributed by atoms with Gasteiger partial charge in [0, 0.05) is 23.9 Å². The van der Waals surface area contributed by atoms with E-state index in [1.807, 2.05) is 0 Å². The third-order valence-electron chi connectivity index (χ3n) is 5.56. The first-order chi connectivity index (χ1) is 13.6. The maximum absolute atomic E-state index is 13.1. The zero-order valence-electron chi connectivity index (χ0n) is 17.6. The van der Waals surface area contributed by atoms with Crippen molar-refractivity contribution in [3.63, 3.8) is 0 Å². The second kappa shape index (κ2) is 7.57. The molecule has 29 heavy (non-hydrogen) atoms. The van der Waals surface area contributed by atoms with Crippen molar-refractivity contribution in [1.82, 2.24) is 10.2 Å². The molecule has 1 aliphatic carbocycles. The van der Waals surface area contributed by atoms with Crippen molar-refractivity contribution >= 4 is 23.5 Å². The number of methoxy groups -OCH3 is 2. The van der Waals surface area contributed by atoms with Gasteiger partial charge in [0.1, 0.15) is 23.6 Å². The molecular formula is C21H29N3O5. The normalized spacial score (nSPS) is 25.7. The minimum Gasteiger partial charge on any atom is -0.497 e. The molecule has 1 heterocycles. The van der Waals surface area contributed by atoms with E-state index in [2.05, 4.69) is 31.4 Å². The van der Waals surface area contributed by atoms with Crippen molar-refractivity contribution in [2.24, 2.45) is 11.3 Å². The lowest BCUT2D eigenvalue weighted by atomic mass is 9.64. The van der Waals surface area contributed by atoms with E-state index in [1.165, 1.54) is 14.2 Å². The van der Waals surface area contributed by atoms with Gasteiger partial charge in [0.25, 0.3) is 5.91 Å². The smallest absolute Gasteiger partial charge is 0.325 e. The first-order valence-corrected chi connectivity index (χ1v) is 9.74. The van der Waals surface area contributed by atoms with Crippen molar-refractivity contribution in [3.8, 4) is 11.5 Å². The Morgan fingerprint density at radius 2 is 1.79 bits per heavy atom. The van der Waals surface area contributed by atoms with Crippen molar-refractivity contribution in [2.75, 3.05) is 26.1 Å². The van der Waals surface area contributed by atoms with E-state index in [1.54, 1.807) is 18.2 Å². The van der Waals surface area contributed by atoms with Crippen LogP contribution in [0.5, 0.6) is 11.5 Å². The number of nitrogens with zero attached hydrogens (tertiary/aromatic N) is 1. The van der Waals surface area contributed by atoms with Gasteiger partial charge >= 0.3 is 6.03 Å². The van der Waals surface area contributed by atoms with E-state index in [0.29, 0.717) is 35.9 Å². The van der Waals surface area contributed by atoms with Crippen LogP contribution in [0, 0.1) is 11.3 Å². The molecule has 1 aromatic rings. The van der Waals surface area contributed by atoms with Gasteiger partial charge in [-0.15, -0.1) is 0 Å². The fourth-order valence-corrected chi connectivity index (χ4v) is 4.87. The van der Waals surface area contributed by atoms with Gasteiger partial charge in [-0.05, 0) is 30.6 Å². The molecule has 1 aromatic carbocycles. The lowest BCUT2D eigenvalue weighted by Crippen LogP contribution is -2.54. The highest BCUT2D eigenvalue weighted by molar-refractivity contribution is 6.10. The molecule has 1 saturated heterocycles. The zero-order chi connectivity index (χ0) is 21.4. The first kappa shape index (κ1) is 21.0. The number of hydrogen-bond acceptors (Lipinski definition) is 5. The van der Waals surface area contributed by atoms with Crippen molar-refractivity contribution in [2.45, 2.75) is 45.6 Å². The number of anilines is 1. The monoisotopic (exact) mass is 403 g/mol. The standard InChI is InChI=1S/C21H29N3O5/c1-13-9-20(2,3)12-21(10-13)18(26)24(19(27)23-21)11-17(25)22-14-6-15(28-4)8-16(7-14)29-5/h6-8,13H,9-12H2,1-5H3,(H,22,25)(H,23,27)/t13-,21-/m1/s1. The molecule has 0 unspecified atom stereocenters. The molecule has 4 amide bonds. The van der Waals surface area contributed by atoms with E-state index in [-0.39, 0.29) is 17.9 Å². The second-order valence-electron chi connectivity index (χ2n) is 8.91. The zero-order valence-corrected chi connectivity index (χ0v) is 17.6. The molecule has 0 radical (unpaired) electrons. The number of imide groups is 1. The number of carbonyl (C=O) groups is 3. The van der Waals surface area contributed by atoms with Crippen LogP contribution in [0.1, 0.15) is 40.0 Å². The van der Waals surface area contributed by atoms with Crippen LogP contribution in [0.2, 0.25) is 0 Å². The number of carbonyl (C=O) groups excluding carboxylic acids is 3. The van der Waals surface area contributed by atoms with Crippen LogP contribution in [0.3, 0.4) is 0 Å². The Hall–Kier alpha value is -2.77. The molecule has 2 N–H and O–H groups in total. The summed E-state index contributed by atoms with van der Waals surface area (Å²) in [6.45, 7) is 5.96. The molecule has 158 valence electrons. The summed E-state index contributed by atoms with van der Waals surface area (Å²) in [7, 11) is 3.03. The SMILES string of the molecule is COc1cc(NC(=O)CN2C(=O)N[C@@]3(C[C@H](C)CC(C)(C)C3)C2=O)cc(OC)c1. The highest BCUT2D eigenvalue weighted by Crippen LogP contribution is 2.46. The van der Waals surface area contributed by atoms with Gasteiger partial charge in [0.2, 0.25) is 5.91 Å². The largest absolute Gasteiger partial charge is 0.497 e. The van der Waals surface area contributed by atoms with Crippen molar-refractivity contribution < 1.29 is 23.9 Å². The number of nitrogens with one attached hydrogen (secondary N) is 2. The summed E-state index contributed by atoms with van der Waals surface area (Å²) >= 11 is 0. The van der Waals surface area contributed by atoms with Gasteiger partial charge in [-0.1, -0.05) is 20.8 Å². The van der Waals surface area contributed by atoms with Crippen molar-refractivity contribution in [1.29, 1.82) is 0 Å². The maximum Gasteiger partial charge on any atom is 0.325 e. The molecule has 1 saturated carbocycles. The fourth-order valence-electron chi connectivity index (χ4n) is 4.87. The van der Waals surface area contributed by atoms with Crippen LogP contribution in [-0.2, 0) is 9.59 Å². The molecule has 3 rings (SSSR count). The molecular weight excluding hydrogens is 374 g/mol. The Morgan fingerprint density at radius 3 is 2.34 bits per heavy atom. The van der Waals surface area contributed by atoms with Crippen LogP contribution in [0.15, 0.2) is 18.2 Å². The molecule has 0 bridgehead atoms. The summed E-state index contributed by atoms with van der Waals surface area (Å²) in [5.74, 6) is 0.560. The van der Waals surface area contributed by atoms with Crippen LogP contribution >= 0.6 is 0 Å².